The Kier molecular flexibility index (Phi) is 29.5. The maximum absolute atomic E-state index is 12.3. The number of hydrogen-bond donors (Lipinski definition) is 3. The first-order valence-electron chi connectivity index (χ1n) is 17.9. The van der Waals surface area contributed by atoms with Gasteiger partial charge in [-0.1, -0.05) is 174 Å². The summed E-state index contributed by atoms with van der Waals surface area (Å²) < 4.78 is 32.0. The molecule has 3 N–H and O–H groups in total. The van der Waals surface area contributed by atoms with E-state index in [4.69, 9.17) is 0 Å². The maximum Gasteiger partial charge on any atom is 0.267 e. The molecule has 0 fully saturated rings. The second-order valence-corrected chi connectivity index (χ2v) is 14.0. The molecule has 0 aromatic rings. The van der Waals surface area contributed by atoms with Crippen molar-refractivity contribution < 1.29 is 22.9 Å². The third kappa shape index (κ3) is 30.5. The lowest BCUT2D eigenvalue weighted by Crippen LogP contribution is -2.46. The van der Waals surface area contributed by atoms with Crippen molar-refractivity contribution in [2.24, 2.45) is 0 Å². The zero-order valence-corrected chi connectivity index (χ0v) is 28.5. The fourth-order valence-electron chi connectivity index (χ4n) is 5.51. The second kappa shape index (κ2) is 30.1. The molecule has 250 valence electrons. The normalized spacial score (nSPS) is 13.5. The Morgan fingerprint density at radius 1 is 0.619 bits per heavy atom. The van der Waals surface area contributed by atoms with Crippen molar-refractivity contribution in [2.45, 2.75) is 199 Å². The Labute approximate surface area is 261 Å². The highest BCUT2D eigenvalue weighted by atomic mass is 32.2. The predicted molar refractivity (Wildman–Crippen MR) is 180 cm³/mol. The summed E-state index contributed by atoms with van der Waals surface area (Å²) in [5.74, 6) is -0.978. The fraction of sp³-hybridized carbons (Fsp3) is 0.914. The molecule has 42 heavy (non-hydrogen) atoms. The molecule has 0 aromatic carbocycles. The van der Waals surface area contributed by atoms with Crippen LogP contribution in [0.4, 0.5) is 0 Å². The molecule has 0 heterocycles. The van der Waals surface area contributed by atoms with Crippen molar-refractivity contribution in [3.8, 4) is 0 Å². The summed E-state index contributed by atoms with van der Waals surface area (Å²) in [7, 11) is -4.32. The van der Waals surface area contributed by atoms with Gasteiger partial charge in [0, 0.05) is 6.42 Å². The van der Waals surface area contributed by atoms with E-state index in [-0.39, 0.29) is 5.91 Å². The molecule has 0 aliphatic rings. The van der Waals surface area contributed by atoms with Gasteiger partial charge in [-0.25, -0.2) is 0 Å². The lowest BCUT2D eigenvalue weighted by molar-refractivity contribution is -0.122. The monoisotopic (exact) mass is 615 g/mol. The van der Waals surface area contributed by atoms with E-state index in [1.807, 2.05) is 6.08 Å². The van der Waals surface area contributed by atoms with E-state index >= 15 is 0 Å². The summed E-state index contributed by atoms with van der Waals surface area (Å²) in [5, 5.41) is 13.0. The van der Waals surface area contributed by atoms with E-state index in [2.05, 4.69) is 19.2 Å². The van der Waals surface area contributed by atoms with Gasteiger partial charge in [-0.05, 0) is 19.3 Å². The molecule has 1 amide bonds. The summed E-state index contributed by atoms with van der Waals surface area (Å²) in [4.78, 5) is 12.3. The average Bonchev–Trinajstić information content (AvgIpc) is 2.94. The Morgan fingerprint density at radius 3 is 1.36 bits per heavy atom. The summed E-state index contributed by atoms with van der Waals surface area (Å²) >= 11 is 0. The molecule has 0 rings (SSSR count). The summed E-state index contributed by atoms with van der Waals surface area (Å²) in [6.45, 7) is 4.39. The van der Waals surface area contributed by atoms with Crippen LogP contribution in [0, 0.1) is 0 Å². The van der Waals surface area contributed by atoms with Gasteiger partial charge in [-0.3, -0.25) is 9.35 Å². The number of rotatable bonds is 32. The van der Waals surface area contributed by atoms with Crippen molar-refractivity contribution in [3.05, 3.63) is 12.2 Å². The van der Waals surface area contributed by atoms with Gasteiger partial charge in [0.05, 0.1) is 17.9 Å². The van der Waals surface area contributed by atoms with Crippen LogP contribution in [-0.4, -0.2) is 41.9 Å². The molecule has 0 saturated carbocycles. The SMILES string of the molecule is CCCCC/C=C/C(O)C(CS(=O)(=O)O)NC(=O)CCCCCCCCCCCCCCCCCCCCCCCC. The number of nitrogens with one attached hydrogen (secondary N) is 1. The van der Waals surface area contributed by atoms with Crippen molar-refractivity contribution in [1.29, 1.82) is 0 Å². The van der Waals surface area contributed by atoms with Crippen LogP contribution in [0.25, 0.3) is 0 Å². The topological polar surface area (TPSA) is 104 Å². The molecule has 7 heteroatoms. The number of amides is 1. The first-order valence-corrected chi connectivity index (χ1v) is 19.5. The average molecular weight is 616 g/mol. The zero-order valence-electron chi connectivity index (χ0n) is 27.6. The van der Waals surface area contributed by atoms with Crippen molar-refractivity contribution in [1.82, 2.24) is 5.32 Å². The third-order valence-corrected chi connectivity index (χ3v) is 8.99. The first-order chi connectivity index (χ1) is 20.3. The number of aliphatic hydroxyl groups is 1. The standard InChI is InChI=1S/C35H69NO5S/c1-3-5-7-9-10-11-12-13-14-15-16-17-18-19-20-21-22-23-24-25-27-29-31-35(38)36-33(32-42(39,40)41)34(37)30-28-26-8-6-4-2/h28,30,33-34,37H,3-27,29,31-32H2,1-2H3,(H,36,38)(H,39,40,41)/b30-28+. The molecule has 0 saturated heterocycles. The molecular weight excluding hydrogens is 546 g/mol. The van der Waals surface area contributed by atoms with Crippen molar-refractivity contribution in [2.75, 3.05) is 5.75 Å². The molecule has 2 unspecified atom stereocenters. The largest absolute Gasteiger partial charge is 0.387 e. The summed E-state index contributed by atoms with van der Waals surface area (Å²) in [5.41, 5.74) is 0. The number of unbranched alkanes of at least 4 members (excludes halogenated alkanes) is 24. The lowest BCUT2D eigenvalue weighted by Gasteiger charge is -2.21. The molecule has 2 atom stereocenters. The molecule has 0 aliphatic heterocycles. The minimum atomic E-state index is -4.32. The van der Waals surface area contributed by atoms with Crippen molar-refractivity contribution >= 4 is 16.0 Å². The lowest BCUT2D eigenvalue weighted by atomic mass is 10.0. The van der Waals surface area contributed by atoms with E-state index in [9.17, 15) is 22.9 Å². The molecule has 0 bridgehead atoms. The number of allylic oxidation sites excluding steroid dienone is 1. The van der Waals surface area contributed by atoms with Gasteiger partial charge in [-0.2, -0.15) is 8.42 Å². The summed E-state index contributed by atoms with van der Waals surface area (Å²) in [6, 6.07) is -1.05. The molecule has 0 radical (unpaired) electrons. The Balaban J connectivity index is 3.66. The Hall–Kier alpha value is -0.920. The zero-order chi connectivity index (χ0) is 31.2. The predicted octanol–water partition coefficient (Wildman–Crippen LogP) is 9.85. The van der Waals surface area contributed by atoms with Crippen LogP contribution in [0.2, 0.25) is 0 Å². The van der Waals surface area contributed by atoms with Gasteiger partial charge in [-0.15, -0.1) is 0 Å². The first kappa shape index (κ1) is 41.1. The number of carbonyl (C=O) groups excluding carboxylic acids is 1. The number of carbonyl (C=O) groups is 1. The van der Waals surface area contributed by atoms with Crippen LogP contribution >= 0.6 is 0 Å². The van der Waals surface area contributed by atoms with Crippen LogP contribution in [0.15, 0.2) is 12.2 Å². The van der Waals surface area contributed by atoms with E-state index in [0.717, 1.165) is 44.9 Å². The van der Waals surface area contributed by atoms with Gasteiger partial charge in [0.1, 0.15) is 0 Å². The van der Waals surface area contributed by atoms with Crippen LogP contribution in [0.5, 0.6) is 0 Å². The third-order valence-electron chi connectivity index (χ3n) is 8.21. The van der Waals surface area contributed by atoms with Crippen molar-refractivity contribution in [3.63, 3.8) is 0 Å². The van der Waals surface area contributed by atoms with E-state index in [1.54, 1.807) is 0 Å². The molecule has 0 aliphatic carbocycles. The van der Waals surface area contributed by atoms with E-state index in [1.165, 1.54) is 128 Å². The van der Waals surface area contributed by atoms with E-state index in [0.29, 0.717) is 6.42 Å². The quantitative estimate of drug-likeness (QED) is 0.0397. The minimum absolute atomic E-state index is 0.282. The number of hydrogen-bond acceptors (Lipinski definition) is 4. The molecule has 6 nitrogen and oxygen atoms in total. The van der Waals surface area contributed by atoms with Gasteiger partial charge in [0.2, 0.25) is 5.91 Å². The van der Waals surface area contributed by atoms with E-state index < -0.39 is 28.0 Å². The second-order valence-electron chi connectivity index (χ2n) is 12.5. The highest BCUT2D eigenvalue weighted by molar-refractivity contribution is 7.85. The maximum atomic E-state index is 12.3. The highest BCUT2D eigenvalue weighted by Crippen LogP contribution is 2.15. The molecule has 0 aromatic heterocycles. The Bertz CT molecular complexity index is 725. The van der Waals surface area contributed by atoms with Gasteiger partial charge in [0.15, 0.2) is 0 Å². The number of aliphatic hydroxyl groups excluding tert-OH is 1. The van der Waals surface area contributed by atoms with Gasteiger partial charge in [0.25, 0.3) is 10.1 Å². The van der Waals surface area contributed by atoms with Gasteiger partial charge >= 0.3 is 0 Å². The minimum Gasteiger partial charge on any atom is -0.387 e. The van der Waals surface area contributed by atoms with Crippen LogP contribution in [-0.2, 0) is 14.9 Å². The smallest absolute Gasteiger partial charge is 0.267 e. The van der Waals surface area contributed by atoms with Gasteiger partial charge < -0.3 is 10.4 Å². The van der Waals surface area contributed by atoms with Crippen LogP contribution < -0.4 is 5.32 Å². The summed E-state index contributed by atoms with van der Waals surface area (Å²) in [6.07, 6.45) is 35.4. The van der Waals surface area contributed by atoms with Crippen LogP contribution in [0.3, 0.4) is 0 Å². The molecular formula is C35H69NO5S. The van der Waals surface area contributed by atoms with Crippen LogP contribution in [0.1, 0.15) is 187 Å². The fourth-order valence-corrected chi connectivity index (χ4v) is 6.24. The molecule has 0 spiro atoms. The Morgan fingerprint density at radius 2 is 0.976 bits per heavy atom. The highest BCUT2D eigenvalue weighted by Gasteiger charge is 2.24.